The molecule has 4 nitrogen and oxygen atoms in total. The van der Waals surface area contributed by atoms with Crippen molar-refractivity contribution in [2.24, 2.45) is 0 Å². The van der Waals surface area contributed by atoms with Crippen molar-refractivity contribution < 1.29 is 19.4 Å². The van der Waals surface area contributed by atoms with Crippen LogP contribution < -0.4 is 0 Å². The van der Waals surface area contributed by atoms with Crippen LogP contribution in [0.1, 0.15) is 44.7 Å². The first-order chi connectivity index (χ1) is 9.19. The molecule has 1 unspecified atom stereocenters. The minimum absolute atomic E-state index is 0.295. The Morgan fingerprint density at radius 2 is 1.95 bits per heavy atom. The molecule has 0 aliphatic carbocycles. The molecule has 0 amide bonds. The highest BCUT2D eigenvalue weighted by atomic mass is 16.6. The molecule has 1 rings (SSSR count). The van der Waals surface area contributed by atoms with Crippen LogP contribution in [0.15, 0.2) is 30.3 Å². The van der Waals surface area contributed by atoms with E-state index < -0.39 is 17.5 Å². The summed E-state index contributed by atoms with van der Waals surface area (Å²) in [4.78, 5) is 22.5. The first-order valence-electron chi connectivity index (χ1n) is 6.43. The molecule has 0 fully saturated rings. The first kappa shape index (κ1) is 16.0. The Balaban J connectivity index is 2.88. The molecule has 0 bridgehead atoms. The fourth-order valence-corrected chi connectivity index (χ4v) is 1.63. The van der Waals surface area contributed by atoms with E-state index in [-0.39, 0.29) is 5.97 Å². The molecule has 4 heteroatoms. The maximum Gasteiger partial charge on any atom is 0.328 e. The van der Waals surface area contributed by atoms with Crippen molar-refractivity contribution in [2.45, 2.75) is 39.2 Å². The second-order valence-electron chi connectivity index (χ2n) is 5.60. The van der Waals surface area contributed by atoms with Crippen LogP contribution in [-0.2, 0) is 14.3 Å². The molecule has 0 saturated carbocycles. The molecule has 0 saturated heterocycles. The highest BCUT2D eigenvalue weighted by Crippen LogP contribution is 2.21. The molecule has 0 aromatic heterocycles. The van der Waals surface area contributed by atoms with E-state index in [1.54, 1.807) is 25.1 Å². The number of rotatable bonds is 4. The lowest BCUT2D eigenvalue weighted by molar-refractivity contribution is -0.156. The lowest BCUT2D eigenvalue weighted by atomic mass is 9.98. The summed E-state index contributed by atoms with van der Waals surface area (Å²) in [5.74, 6) is -1.69. The van der Waals surface area contributed by atoms with E-state index in [2.05, 4.69) is 0 Å². The third-order valence-electron chi connectivity index (χ3n) is 2.59. The summed E-state index contributed by atoms with van der Waals surface area (Å²) in [6.07, 6.45) is 2.56. The van der Waals surface area contributed by atoms with E-state index in [1.807, 2.05) is 26.8 Å². The minimum atomic E-state index is -1.00. The molecule has 0 aliphatic rings. The number of benzene rings is 1. The highest BCUT2D eigenvalue weighted by Gasteiger charge is 2.22. The van der Waals surface area contributed by atoms with Gasteiger partial charge >= 0.3 is 11.9 Å². The second kappa shape index (κ2) is 6.37. The van der Waals surface area contributed by atoms with Crippen molar-refractivity contribution >= 4 is 18.0 Å². The SMILES string of the molecule is CC(C(=O)OC(C)(C)C)c1cccc(/C=C/C(=O)O)c1. The standard InChI is InChI=1S/C16H20O4/c1-11(15(19)20-16(2,3)4)13-7-5-6-12(10-13)8-9-14(17)18/h5-11H,1-4H3,(H,17,18)/b9-8+. The fourth-order valence-electron chi connectivity index (χ4n) is 1.63. The van der Waals surface area contributed by atoms with Gasteiger partial charge in [-0.2, -0.15) is 0 Å². The van der Waals surface area contributed by atoms with Gasteiger partial charge in [0.15, 0.2) is 0 Å². The van der Waals surface area contributed by atoms with Gasteiger partial charge in [-0.05, 0) is 44.9 Å². The van der Waals surface area contributed by atoms with Gasteiger partial charge in [0.1, 0.15) is 5.60 Å². The van der Waals surface area contributed by atoms with Crippen LogP contribution in [0.4, 0.5) is 0 Å². The second-order valence-corrected chi connectivity index (χ2v) is 5.60. The number of hydrogen-bond donors (Lipinski definition) is 1. The van der Waals surface area contributed by atoms with Crippen molar-refractivity contribution in [3.05, 3.63) is 41.5 Å². The van der Waals surface area contributed by atoms with Crippen molar-refractivity contribution in [1.29, 1.82) is 0 Å². The van der Waals surface area contributed by atoms with Crippen LogP contribution in [0.3, 0.4) is 0 Å². The van der Waals surface area contributed by atoms with Crippen LogP contribution in [-0.4, -0.2) is 22.6 Å². The van der Waals surface area contributed by atoms with Crippen molar-refractivity contribution in [3.63, 3.8) is 0 Å². The van der Waals surface area contributed by atoms with Crippen LogP contribution in [0.2, 0.25) is 0 Å². The monoisotopic (exact) mass is 276 g/mol. The molecular formula is C16H20O4. The molecule has 1 N–H and O–H groups in total. The summed E-state index contributed by atoms with van der Waals surface area (Å²) in [6.45, 7) is 7.24. The minimum Gasteiger partial charge on any atom is -0.478 e. The average molecular weight is 276 g/mol. The predicted octanol–water partition coefficient (Wildman–Crippen LogP) is 3.23. The van der Waals surface area contributed by atoms with Gasteiger partial charge in [-0.15, -0.1) is 0 Å². The molecule has 0 heterocycles. The summed E-state index contributed by atoms with van der Waals surface area (Å²) in [7, 11) is 0. The molecular weight excluding hydrogens is 256 g/mol. The van der Waals surface area contributed by atoms with Gasteiger partial charge < -0.3 is 9.84 Å². The zero-order valence-electron chi connectivity index (χ0n) is 12.2. The van der Waals surface area contributed by atoms with E-state index in [0.717, 1.165) is 17.2 Å². The smallest absolute Gasteiger partial charge is 0.328 e. The Labute approximate surface area is 119 Å². The number of carboxylic acid groups (broad SMARTS) is 1. The summed E-state index contributed by atoms with van der Waals surface area (Å²) in [5.41, 5.74) is 1.01. The van der Waals surface area contributed by atoms with E-state index in [4.69, 9.17) is 9.84 Å². The van der Waals surface area contributed by atoms with Gasteiger partial charge in [-0.1, -0.05) is 24.3 Å². The summed E-state index contributed by atoms with van der Waals surface area (Å²) in [5, 5.41) is 8.61. The van der Waals surface area contributed by atoms with E-state index in [1.165, 1.54) is 6.08 Å². The molecule has 1 atom stereocenters. The maximum absolute atomic E-state index is 12.0. The predicted molar refractivity (Wildman–Crippen MR) is 77.4 cm³/mol. The Hall–Kier alpha value is -2.10. The third kappa shape index (κ3) is 5.26. The summed E-state index contributed by atoms with van der Waals surface area (Å²) >= 11 is 0. The van der Waals surface area contributed by atoms with Gasteiger partial charge in [-0.3, -0.25) is 4.79 Å². The van der Waals surface area contributed by atoms with Crippen LogP contribution in [0.25, 0.3) is 6.08 Å². The third-order valence-corrected chi connectivity index (χ3v) is 2.59. The Morgan fingerprint density at radius 3 is 2.50 bits per heavy atom. The Morgan fingerprint density at radius 1 is 1.30 bits per heavy atom. The van der Waals surface area contributed by atoms with Crippen LogP contribution in [0.5, 0.6) is 0 Å². The van der Waals surface area contributed by atoms with Gasteiger partial charge in [-0.25, -0.2) is 4.79 Å². The highest BCUT2D eigenvalue weighted by molar-refractivity contribution is 5.85. The molecule has 0 radical (unpaired) electrons. The zero-order valence-corrected chi connectivity index (χ0v) is 12.2. The quantitative estimate of drug-likeness (QED) is 0.677. The van der Waals surface area contributed by atoms with E-state index in [0.29, 0.717) is 0 Å². The van der Waals surface area contributed by atoms with Crippen molar-refractivity contribution in [2.75, 3.05) is 0 Å². The first-order valence-corrected chi connectivity index (χ1v) is 6.43. The van der Waals surface area contributed by atoms with Gasteiger partial charge in [0.05, 0.1) is 5.92 Å². The topological polar surface area (TPSA) is 63.6 Å². The number of ether oxygens (including phenoxy) is 1. The number of carbonyl (C=O) groups excluding carboxylic acids is 1. The molecule has 1 aromatic rings. The molecule has 108 valence electrons. The largest absolute Gasteiger partial charge is 0.478 e. The lowest BCUT2D eigenvalue weighted by Crippen LogP contribution is -2.26. The number of esters is 1. The van der Waals surface area contributed by atoms with Gasteiger partial charge in [0.2, 0.25) is 0 Å². The van der Waals surface area contributed by atoms with Crippen molar-refractivity contribution in [1.82, 2.24) is 0 Å². The molecule has 1 aromatic carbocycles. The summed E-state index contributed by atoms with van der Waals surface area (Å²) < 4.78 is 5.34. The van der Waals surface area contributed by atoms with E-state index in [9.17, 15) is 9.59 Å². The molecule has 20 heavy (non-hydrogen) atoms. The average Bonchev–Trinajstić information content (AvgIpc) is 2.33. The van der Waals surface area contributed by atoms with Crippen LogP contribution >= 0.6 is 0 Å². The number of carbonyl (C=O) groups is 2. The zero-order chi connectivity index (χ0) is 15.3. The molecule has 0 aliphatic heterocycles. The number of aliphatic carboxylic acids is 1. The summed E-state index contributed by atoms with van der Waals surface area (Å²) in [6, 6.07) is 7.18. The van der Waals surface area contributed by atoms with E-state index >= 15 is 0 Å². The van der Waals surface area contributed by atoms with Gasteiger partial charge in [0.25, 0.3) is 0 Å². The van der Waals surface area contributed by atoms with Crippen molar-refractivity contribution in [3.8, 4) is 0 Å². The maximum atomic E-state index is 12.0. The fraction of sp³-hybridized carbons (Fsp3) is 0.375. The number of hydrogen-bond acceptors (Lipinski definition) is 3. The normalized spacial score (nSPS) is 13.2. The Kier molecular flexibility index (Phi) is 5.08. The molecule has 0 spiro atoms. The van der Waals surface area contributed by atoms with Gasteiger partial charge in [0, 0.05) is 6.08 Å². The lowest BCUT2D eigenvalue weighted by Gasteiger charge is -2.22. The van der Waals surface area contributed by atoms with Crippen LogP contribution in [0, 0.1) is 0 Å². The Bertz CT molecular complexity index is 524. The number of carboxylic acids is 1.